The van der Waals surface area contributed by atoms with Crippen molar-refractivity contribution in [3.63, 3.8) is 0 Å². The zero-order valence-electron chi connectivity index (χ0n) is 23.0. The standard InChI is InChI=1S/C29H33F2N7O3/c1-28(2,32)22-15-34-25-21(9-8-17(16-38(22)25)18-5-3-7-20(30)23(18)31)35-26(39)37-13-10-29(11-14-37)19-6-4-12-33-24(19)36-27(40)41-29/h3-7,12,15,17,21H,8-11,13-14,16,32H2,1-2H3,(H,35,39)(H,33,36,40)/t17-,21-/m1/s1. The zero-order valence-corrected chi connectivity index (χ0v) is 23.0. The molecule has 6 rings (SSSR count). The summed E-state index contributed by atoms with van der Waals surface area (Å²) in [4.78, 5) is 36.4. The first-order chi connectivity index (χ1) is 19.6. The number of nitrogens with one attached hydrogen (secondary N) is 2. The van der Waals surface area contributed by atoms with Crippen LogP contribution in [0.5, 0.6) is 0 Å². The zero-order chi connectivity index (χ0) is 28.9. The average Bonchev–Trinajstić information content (AvgIpc) is 3.28. The third kappa shape index (κ3) is 4.90. The van der Waals surface area contributed by atoms with E-state index in [9.17, 15) is 18.4 Å². The van der Waals surface area contributed by atoms with Gasteiger partial charge in [0, 0.05) is 50.2 Å². The highest BCUT2D eigenvalue weighted by Gasteiger charge is 2.46. The van der Waals surface area contributed by atoms with E-state index in [0.29, 0.717) is 62.5 Å². The molecule has 0 unspecified atom stereocenters. The van der Waals surface area contributed by atoms with Crippen LogP contribution in [0, 0.1) is 11.6 Å². The molecule has 1 fully saturated rings. The van der Waals surface area contributed by atoms with Gasteiger partial charge in [0.25, 0.3) is 0 Å². The number of piperidine rings is 1. The van der Waals surface area contributed by atoms with Crippen LogP contribution in [0.15, 0.2) is 42.7 Å². The molecule has 12 heteroatoms. The predicted molar refractivity (Wildman–Crippen MR) is 146 cm³/mol. The summed E-state index contributed by atoms with van der Waals surface area (Å²) in [6.45, 7) is 4.81. The molecule has 3 aromatic rings. The van der Waals surface area contributed by atoms with Gasteiger partial charge < -0.3 is 25.3 Å². The number of imidazole rings is 1. The van der Waals surface area contributed by atoms with Crippen molar-refractivity contribution in [3.05, 3.63) is 77.0 Å². The van der Waals surface area contributed by atoms with E-state index >= 15 is 0 Å². The summed E-state index contributed by atoms with van der Waals surface area (Å²) in [5.74, 6) is -0.961. The van der Waals surface area contributed by atoms with Crippen LogP contribution < -0.4 is 16.4 Å². The molecule has 3 amide bonds. The van der Waals surface area contributed by atoms with Crippen molar-refractivity contribution in [1.29, 1.82) is 0 Å². The Balaban J connectivity index is 1.22. The summed E-state index contributed by atoms with van der Waals surface area (Å²) >= 11 is 0. The second-order valence-corrected chi connectivity index (χ2v) is 11.6. The Morgan fingerprint density at radius 3 is 2.71 bits per heavy atom. The topological polar surface area (TPSA) is 127 Å². The number of nitrogens with two attached hydrogens (primary N) is 1. The number of rotatable bonds is 3. The molecule has 5 heterocycles. The average molecular weight is 566 g/mol. The number of amides is 3. The molecule has 2 aromatic heterocycles. The van der Waals surface area contributed by atoms with Crippen LogP contribution in [0.4, 0.5) is 24.2 Å². The number of likely N-dealkylation sites (tertiary alicyclic amines) is 1. The van der Waals surface area contributed by atoms with Crippen molar-refractivity contribution in [2.75, 3.05) is 18.4 Å². The molecule has 10 nitrogen and oxygen atoms in total. The molecular formula is C29H33F2N7O3. The number of ether oxygens (including phenoxy) is 1. The number of nitrogens with zero attached hydrogens (tertiary/aromatic N) is 4. The van der Waals surface area contributed by atoms with E-state index in [1.165, 1.54) is 6.07 Å². The maximum Gasteiger partial charge on any atom is 0.413 e. The second kappa shape index (κ2) is 10.1. The lowest BCUT2D eigenvalue weighted by Crippen LogP contribution is -2.52. The second-order valence-electron chi connectivity index (χ2n) is 11.6. The van der Waals surface area contributed by atoms with Crippen LogP contribution in [0.2, 0.25) is 0 Å². The first-order valence-electron chi connectivity index (χ1n) is 13.9. The van der Waals surface area contributed by atoms with Gasteiger partial charge in [0.1, 0.15) is 17.2 Å². The Labute approximate surface area is 236 Å². The van der Waals surface area contributed by atoms with Crippen molar-refractivity contribution in [2.24, 2.45) is 5.73 Å². The number of carbonyl (C=O) groups is 2. The number of hydrogen-bond donors (Lipinski definition) is 3. The third-order valence-corrected chi connectivity index (χ3v) is 8.45. The number of pyridine rings is 1. The molecule has 0 bridgehead atoms. The Morgan fingerprint density at radius 2 is 1.95 bits per heavy atom. The Bertz CT molecular complexity index is 1490. The van der Waals surface area contributed by atoms with E-state index < -0.39 is 34.9 Å². The number of benzene rings is 1. The minimum absolute atomic E-state index is 0.269. The van der Waals surface area contributed by atoms with Crippen LogP contribution in [0.1, 0.15) is 74.1 Å². The van der Waals surface area contributed by atoms with Crippen molar-refractivity contribution >= 4 is 17.9 Å². The van der Waals surface area contributed by atoms with E-state index in [-0.39, 0.29) is 11.9 Å². The van der Waals surface area contributed by atoms with Gasteiger partial charge >= 0.3 is 12.1 Å². The Kier molecular flexibility index (Phi) is 6.68. The van der Waals surface area contributed by atoms with Gasteiger partial charge in [-0.25, -0.2) is 28.3 Å². The fraction of sp³-hybridized carbons (Fsp3) is 0.448. The third-order valence-electron chi connectivity index (χ3n) is 8.45. The molecule has 216 valence electrons. The van der Waals surface area contributed by atoms with Crippen molar-refractivity contribution in [3.8, 4) is 0 Å². The molecule has 0 aliphatic carbocycles. The summed E-state index contributed by atoms with van der Waals surface area (Å²) in [6, 6.07) is 7.19. The summed E-state index contributed by atoms with van der Waals surface area (Å²) < 4.78 is 36.7. The van der Waals surface area contributed by atoms with Crippen LogP contribution in [-0.2, 0) is 22.4 Å². The lowest BCUT2D eigenvalue weighted by molar-refractivity contribution is -0.0308. The highest BCUT2D eigenvalue weighted by molar-refractivity contribution is 5.87. The smallest absolute Gasteiger partial charge is 0.413 e. The minimum atomic E-state index is -0.887. The van der Waals surface area contributed by atoms with Crippen LogP contribution in [-0.4, -0.2) is 44.6 Å². The lowest BCUT2D eigenvalue weighted by Gasteiger charge is -2.43. The Hall–Kier alpha value is -4.06. The first-order valence-corrected chi connectivity index (χ1v) is 13.9. The lowest BCUT2D eigenvalue weighted by atomic mass is 9.83. The number of urea groups is 1. The first kappa shape index (κ1) is 27.1. The molecular weight excluding hydrogens is 532 g/mol. The van der Waals surface area contributed by atoms with Gasteiger partial charge in [0.2, 0.25) is 0 Å². The quantitative estimate of drug-likeness (QED) is 0.425. The monoisotopic (exact) mass is 565 g/mol. The van der Waals surface area contributed by atoms with Gasteiger partial charge in [-0.3, -0.25) is 5.32 Å². The SMILES string of the molecule is CC(C)(N)c1cnc2n1C[C@H](c1cccc(F)c1F)CC[C@H]2NC(=O)N1CCC2(CC1)OC(=O)Nc1ncccc12. The predicted octanol–water partition coefficient (Wildman–Crippen LogP) is 4.63. The highest BCUT2D eigenvalue weighted by Crippen LogP contribution is 2.43. The molecule has 4 N–H and O–H groups in total. The number of aromatic nitrogens is 3. The molecule has 0 saturated carbocycles. The molecule has 3 aliphatic rings. The van der Waals surface area contributed by atoms with E-state index in [4.69, 9.17) is 10.5 Å². The van der Waals surface area contributed by atoms with Crippen LogP contribution in [0.3, 0.4) is 0 Å². The van der Waals surface area contributed by atoms with Gasteiger partial charge in [-0.05, 0) is 50.5 Å². The molecule has 0 radical (unpaired) electrons. The van der Waals surface area contributed by atoms with Gasteiger partial charge in [0.05, 0.1) is 23.5 Å². The van der Waals surface area contributed by atoms with Gasteiger partial charge in [0.15, 0.2) is 11.6 Å². The summed E-state index contributed by atoms with van der Waals surface area (Å²) in [5, 5.41) is 5.77. The van der Waals surface area contributed by atoms with Gasteiger partial charge in [-0.1, -0.05) is 12.1 Å². The van der Waals surface area contributed by atoms with E-state index in [1.54, 1.807) is 29.4 Å². The van der Waals surface area contributed by atoms with E-state index in [0.717, 1.165) is 17.3 Å². The summed E-state index contributed by atoms with van der Waals surface area (Å²) in [5.41, 5.74) is 6.72. The largest absolute Gasteiger partial charge is 0.437 e. The van der Waals surface area contributed by atoms with Crippen molar-refractivity contribution in [1.82, 2.24) is 24.8 Å². The molecule has 1 spiro atoms. The molecule has 1 aromatic carbocycles. The molecule has 1 saturated heterocycles. The maximum atomic E-state index is 14.8. The Morgan fingerprint density at radius 1 is 1.17 bits per heavy atom. The number of fused-ring (bicyclic) bond motifs is 3. The van der Waals surface area contributed by atoms with Crippen LogP contribution >= 0.6 is 0 Å². The normalized spacial score (nSPS) is 21.8. The van der Waals surface area contributed by atoms with E-state index in [1.807, 2.05) is 24.5 Å². The highest BCUT2D eigenvalue weighted by atomic mass is 19.2. The molecule has 3 aliphatic heterocycles. The van der Waals surface area contributed by atoms with Crippen molar-refractivity contribution in [2.45, 2.75) is 69.2 Å². The number of anilines is 1. The fourth-order valence-electron chi connectivity index (χ4n) is 6.32. The fourth-order valence-corrected chi connectivity index (χ4v) is 6.32. The molecule has 2 atom stereocenters. The number of halogens is 2. The van der Waals surface area contributed by atoms with Gasteiger partial charge in [-0.2, -0.15) is 0 Å². The number of hydrogen-bond acceptors (Lipinski definition) is 6. The van der Waals surface area contributed by atoms with E-state index in [2.05, 4.69) is 20.6 Å². The van der Waals surface area contributed by atoms with Crippen molar-refractivity contribution < 1.29 is 23.1 Å². The summed E-state index contributed by atoms with van der Waals surface area (Å²) in [6.07, 6.45) is 4.60. The van der Waals surface area contributed by atoms with Crippen LogP contribution in [0.25, 0.3) is 0 Å². The number of carbonyl (C=O) groups excluding carboxylic acids is 2. The molecule has 41 heavy (non-hydrogen) atoms. The maximum absolute atomic E-state index is 14.8. The minimum Gasteiger partial charge on any atom is -0.437 e. The van der Waals surface area contributed by atoms with Gasteiger partial charge in [-0.15, -0.1) is 0 Å². The summed E-state index contributed by atoms with van der Waals surface area (Å²) in [7, 11) is 0.